The summed E-state index contributed by atoms with van der Waals surface area (Å²) < 4.78 is 4.55. The Morgan fingerprint density at radius 1 is 0.889 bits per heavy atom. The molecule has 0 aliphatic carbocycles. The van der Waals surface area contributed by atoms with E-state index in [2.05, 4.69) is 101 Å². The standard InChI is InChI=1S/C24H30I3/c1-2-3-4-5-6-7-10-19-15-16-27-24(19,20-11-8-13-22(25)17-20)21-12-9-14-23(26)18-21/h8-9,11-14,17-19H,2-7,10,15-16H2,1H3/q+1. The number of hydrogen-bond acceptors (Lipinski definition) is 0. The van der Waals surface area contributed by atoms with Gasteiger partial charge in [0.25, 0.3) is 21.2 Å². The van der Waals surface area contributed by atoms with E-state index in [1.165, 1.54) is 62.9 Å². The van der Waals surface area contributed by atoms with Crippen LogP contribution >= 0.6 is 45.2 Å². The lowest BCUT2D eigenvalue weighted by Gasteiger charge is -2.28. The fraction of sp³-hybridized carbons (Fsp3) is 0.500. The van der Waals surface area contributed by atoms with Gasteiger partial charge < -0.3 is 0 Å². The van der Waals surface area contributed by atoms with Crippen molar-refractivity contribution in [1.29, 1.82) is 0 Å². The molecule has 1 unspecified atom stereocenters. The maximum atomic E-state index is 2.49. The van der Waals surface area contributed by atoms with E-state index in [9.17, 15) is 0 Å². The summed E-state index contributed by atoms with van der Waals surface area (Å²) >= 11 is 5.11. The van der Waals surface area contributed by atoms with Crippen molar-refractivity contribution in [1.82, 2.24) is 0 Å². The zero-order valence-electron chi connectivity index (χ0n) is 16.2. The van der Waals surface area contributed by atoms with Crippen LogP contribution in [0, 0.1) is 13.1 Å². The molecule has 0 aromatic heterocycles. The number of rotatable bonds is 9. The first-order chi connectivity index (χ1) is 13.2. The first kappa shape index (κ1) is 22.3. The fourth-order valence-electron chi connectivity index (χ4n) is 4.38. The summed E-state index contributed by atoms with van der Waals surface area (Å²) in [5.74, 6) is 0.827. The van der Waals surface area contributed by atoms with Gasteiger partial charge >= 0.3 is 0 Å². The number of hydrogen-bond donors (Lipinski definition) is 0. The largest absolute Gasteiger partial charge is 0.286 e. The molecule has 146 valence electrons. The van der Waals surface area contributed by atoms with Crippen molar-refractivity contribution < 1.29 is 21.2 Å². The number of alkyl halides is 2. The van der Waals surface area contributed by atoms with Gasteiger partial charge in [0.05, 0.1) is 0 Å². The third kappa shape index (κ3) is 5.62. The van der Waals surface area contributed by atoms with Crippen LogP contribution < -0.4 is 21.2 Å². The average Bonchev–Trinajstić information content (AvgIpc) is 3.09. The van der Waals surface area contributed by atoms with E-state index in [-0.39, 0.29) is 21.2 Å². The molecular weight excluding hydrogens is 669 g/mol. The highest BCUT2D eigenvalue weighted by Crippen LogP contribution is 2.39. The first-order valence-electron chi connectivity index (χ1n) is 10.3. The second-order valence-corrected chi connectivity index (χ2v) is 13.6. The average molecular weight is 699 g/mol. The van der Waals surface area contributed by atoms with Crippen molar-refractivity contribution >= 4 is 45.2 Å². The van der Waals surface area contributed by atoms with Crippen molar-refractivity contribution in [2.75, 3.05) is 4.43 Å². The summed E-state index contributed by atoms with van der Waals surface area (Å²) in [4.78, 5) is 0. The highest BCUT2D eigenvalue weighted by molar-refractivity contribution is 14.1. The lowest BCUT2D eigenvalue weighted by molar-refractivity contribution is -0.710. The molecule has 2 aromatic rings. The van der Waals surface area contributed by atoms with Crippen LogP contribution in [0.5, 0.6) is 0 Å². The molecular formula is C24H30I3+. The summed E-state index contributed by atoms with van der Waals surface area (Å²) in [6.07, 6.45) is 11.3. The molecule has 0 spiro atoms. The first-order valence-corrected chi connectivity index (χ1v) is 15.1. The van der Waals surface area contributed by atoms with E-state index in [1.807, 2.05) is 0 Å². The Balaban J connectivity index is 1.85. The lowest BCUT2D eigenvalue weighted by Crippen LogP contribution is -3.67. The van der Waals surface area contributed by atoms with Crippen molar-refractivity contribution in [3.63, 3.8) is 0 Å². The summed E-state index contributed by atoms with van der Waals surface area (Å²) in [6.45, 7) is 2.30. The second-order valence-electron chi connectivity index (χ2n) is 7.60. The van der Waals surface area contributed by atoms with Crippen LogP contribution in [0.2, 0.25) is 0 Å². The van der Waals surface area contributed by atoms with Crippen molar-refractivity contribution in [3.8, 4) is 0 Å². The van der Waals surface area contributed by atoms with Gasteiger partial charge in [-0.3, -0.25) is 0 Å². The van der Waals surface area contributed by atoms with Crippen LogP contribution in [0.25, 0.3) is 0 Å². The number of unbranched alkanes of at least 4 members (excludes halogenated alkanes) is 5. The molecule has 1 aliphatic rings. The summed E-state index contributed by atoms with van der Waals surface area (Å²) in [6, 6.07) is 18.8. The molecule has 0 radical (unpaired) electrons. The molecule has 0 saturated carbocycles. The van der Waals surface area contributed by atoms with Crippen LogP contribution in [-0.4, -0.2) is 4.43 Å². The molecule has 3 heteroatoms. The normalized spacial score (nSPS) is 18.7. The van der Waals surface area contributed by atoms with E-state index < -0.39 is 0 Å². The minimum atomic E-state index is 0.128. The Morgan fingerprint density at radius 3 is 2.07 bits per heavy atom. The Morgan fingerprint density at radius 2 is 1.48 bits per heavy atom. The zero-order chi connectivity index (χ0) is 19.1. The highest BCUT2D eigenvalue weighted by atomic mass is 127. The fourth-order valence-corrected chi connectivity index (χ4v) is 10.2. The Bertz CT molecular complexity index is 680. The Kier molecular flexibility index (Phi) is 9.21. The van der Waals surface area contributed by atoms with E-state index in [0.717, 1.165) is 5.92 Å². The molecule has 0 N–H and O–H groups in total. The van der Waals surface area contributed by atoms with Crippen molar-refractivity contribution in [3.05, 3.63) is 66.8 Å². The van der Waals surface area contributed by atoms with Crippen LogP contribution in [-0.2, 0) is 3.42 Å². The number of halogens is 3. The van der Waals surface area contributed by atoms with Gasteiger partial charge in [0, 0.05) is 24.2 Å². The van der Waals surface area contributed by atoms with Crippen LogP contribution in [0.4, 0.5) is 0 Å². The molecule has 0 bridgehead atoms. The van der Waals surface area contributed by atoms with Gasteiger partial charge in [-0.2, -0.15) is 0 Å². The lowest BCUT2D eigenvalue weighted by atomic mass is 9.77. The molecule has 27 heavy (non-hydrogen) atoms. The topological polar surface area (TPSA) is 0 Å². The van der Waals surface area contributed by atoms with E-state index in [0.29, 0.717) is 3.42 Å². The molecule has 1 fully saturated rings. The monoisotopic (exact) mass is 699 g/mol. The van der Waals surface area contributed by atoms with Gasteiger partial charge in [-0.15, -0.1) is 0 Å². The SMILES string of the molecule is CCCCCCCCC1CC[I+]C1(c1cccc(I)c1)c1cccc(I)c1. The van der Waals surface area contributed by atoms with Gasteiger partial charge in [0.15, 0.2) is 0 Å². The molecule has 2 aromatic carbocycles. The summed E-state index contributed by atoms with van der Waals surface area (Å²) in [5, 5.41) is 0. The second kappa shape index (κ2) is 11.1. The summed E-state index contributed by atoms with van der Waals surface area (Å²) in [5.41, 5.74) is 3.19. The highest BCUT2D eigenvalue weighted by Gasteiger charge is 2.57. The molecule has 0 amide bonds. The Hall–Kier alpha value is 0.630. The van der Waals surface area contributed by atoms with E-state index in [4.69, 9.17) is 0 Å². The van der Waals surface area contributed by atoms with Crippen LogP contribution in [0.1, 0.15) is 69.4 Å². The minimum absolute atomic E-state index is 0.128. The third-order valence-electron chi connectivity index (χ3n) is 5.72. The predicted molar refractivity (Wildman–Crippen MR) is 130 cm³/mol. The van der Waals surface area contributed by atoms with E-state index >= 15 is 0 Å². The van der Waals surface area contributed by atoms with Gasteiger partial charge in [-0.1, -0.05) is 69.7 Å². The molecule has 1 aliphatic heterocycles. The van der Waals surface area contributed by atoms with Crippen molar-refractivity contribution in [2.24, 2.45) is 5.92 Å². The van der Waals surface area contributed by atoms with Crippen LogP contribution in [0.15, 0.2) is 48.5 Å². The smallest absolute Gasteiger partial charge is 0.0654 e. The van der Waals surface area contributed by atoms with Gasteiger partial charge in [-0.05, 0) is 82.3 Å². The summed E-state index contributed by atoms with van der Waals surface area (Å²) in [7, 11) is 0. The zero-order valence-corrected chi connectivity index (χ0v) is 22.7. The maximum Gasteiger partial charge on any atom is 0.286 e. The molecule has 1 saturated heterocycles. The quantitative estimate of drug-likeness (QED) is 0.197. The molecule has 1 heterocycles. The third-order valence-corrected chi connectivity index (χ3v) is 11.6. The number of benzene rings is 2. The van der Waals surface area contributed by atoms with Gasteiger partial charge in [0.1, 0.15) is 4.43 Å². The van der Waals surface area contributed by atoms with Gasteiger partial charge in [-0.25, -0.2) is 0 Å². The maximum absolute atomic E-state index is 2.49. The van der Waals surface area contributed by atoms with Crippen LogP contribution in [0.3, 0.4) is 0 Å². The van der Waals surface area contributed by atoms with Gasteiger partial charge in [0.2, 0.25) is 3.42 Å². The Labute approximate surface area is 203 Å². The predicted octanol–water partition coefficient (Wildman–Crippen LogP) is 5.00. The molecule has 1 atom stereocenters. The van der Waals surface area contributed by atoms with E-state index in [1.54, 1.807) is 11.1 Å². The molecule has 0 nitrogen and oxygen atoms in total. The molecule has 3 rings (SSSR count). The van der Waals surface area contributed by atoms with Crippen molar-refractivity contribution in [2.45, 2.75) is 61.7 Å². The minimum Gasteiger partial charge on any atom is -0.0654 e.